The van der Waals surface area contributed by atoms with Crippen LogP contribution >= 0.6 is 0 Å². The summed E-state index contributed by atoms with van der Waals surface area (Å²) in [7, 11) is -3.80. The minimum atomic E-state index is -3.80. The molecule has 1 saturated carbocycles. The third-order valence-corrected chi connectivity index (χ3v) is 8.81. The molecular weight excluding hydrogens is 476 g/mol. The number of benzene rings is 2. The molecule has 1 unspecified atom stereocenters. The average molecular weight is 504 g/mol. The molecular formula is C25H27F2N3O4S. The lowest BCUT2D eigenvalue weighted by Crippen LogP contribution is -2.63. The van der Waals surface area contributed by atoms with E-state index in [-0.39, 0.29) is 29.0 Å². The molecule has 1 saturated heterocycles. The molecule has 2 N–H and O–H groups in total. The Morgan fingerprint density at radius 3 is 2.43 bits per heavy atom. The summed E-state index contributed by atoms with van der Waals surface area (Å²) in [6, 6.07) is 8.93. The molecule has 186 valence electrons. The van der Waals surface area contributed by atoms with Crippen molar-refractivity contribution in [1.82, 2.24) is 14.9 Å². The number of carbonyl (C=O) groups is 2. The largest absolute Gasteiger partial charge is 0.350 e. The van der Waals surface area contributed by atoms with Crippen LogP contribution in [-0.2, 0) is 21.4 Å². The number of sulfonamides is 1. The fourth-order valence-corrected chi connectivity index (χ4v) is 6.66. The molecule has 1 spiro atoms. The van der Waals surface area contributed by atoms with Gasteiger partial charge in [0.25, 0.3) is 5.91 Å². The van der Waals surface area contributed by atoms with Gasteiger partial charge in [-0.05, 0) is 80.1 Å². The lowest BCUT2D eigenvalue weighted by molar-refractivity contribution is -0.117. The van der Waals surface area contributed by atoms with E-state index in [1.807, 2.05) is 0 Å². The van der Waals surface area contributed by atoms with E-state index < -0.39 is 33.1 Å². The summed E-state index contributed by atoms with van der Waals surface area (Å²) >= 11 is 0. The minimum absolute atomic E-state index is 0.00403. The molecule has 35 heavy (non-hydrogen) atoms. The van der Waals surface area contributed by atoms with Crippen molar-refractivity contribution in [1.29, 1.82) is 0 Å². The van der Waals surface area contributed by atoms with Gasteiger partial charge in [0.05, 0.1) is 4.90 Å². The maximum absolute atomic E-state index is 13.5. The molecule has 2 amide bonds. The summed E-state index contributed by atoms with van der Waals surface area (Å²) in [5.41, 5.74) is 0.127. The Kier molecular flexibility index (Phi) is 7.05. The van der Waals surface area contributed by atoms with E-state index in [0.717, 1.165) is 31.4 Å². The predicted octanol–water partition coefficient (Wildman–Crippen LogP) is 3.27. The zero-order valence-electron chi connectivity index (χ0n) is 19.1. The van der Waals surface area contributed by atoms with Gasteiger partial charge in [-0.1, -0.05) is 12.6 Å². The Morgan fingerprint density at radius 1 is 1.11 bits per heavy atom. The highest BCUT2D eigenvalue weighted by Gasteiger charge is 2.51. The van der Waals surface area contributed by atoms with Crippen molar-refractivity contribution in [3.8, 4) is 0 Å². The molecule has 1 heterocycles. The SMILES string of the molecule is C=CC(=O)NC1CCN(S(=O)(=O)c2ccc(C(=O)NCc3ccc(F)c(F)c3)cc2)C2(CCC2)C1. The number of piperidine rings is 1. The van der Waals surface area contributed by atoms with Crippen LogP contribution in [0.3, 0.4) is 0 Å². The van der Waals surface area contributed by atoms with Gasteiger partial charge in [0.15, 0.2) is 11.6 Å². The second-order valence-electron chi connectivity index (χ2n) is 9.01. The molecule has 2 fully saturated rings. The van der Waals surface area contributed by atoms with Gasteiger partial charge in [-0.3, -0.25) is 9.59 Å². The normalized spacial score (nSPS) is 19.5. The zero-order chi connectivity index (χ0) is 25.2. The Balaban J connectivity index is 1.44. The number of nitrogens with one attached hydrogen (secondary N) is 2. The Labute approximate surface area is 203 Å². The first-order valence-corrected chi connectivity index (χ1v) is 12.9. The van der Waals surface area contributed by atoms with Gasteiger partial charge in [-0.15, -0.1) is 0 Å². The van der Waals surface area contributed by atoms with Crippen LogP contribution in [0.1, 0.15) is 48.0 Å². The third kappa shape index (κ3) is 5.13. The second kappa shape index (κ2) is 9.87. The lowest BCUT2D eigenvalue weighted by Gasteiger charge is -2.54. The maximum Gasteiger partial charge on any atom is 0.251 e. The van der Waals surface area contributed by atoms with Crippen LogP contribution < -0.4 is 10.6 Å². The molecule has 0 aromatic heterocycles. The van der Waals surface area contributed by atoms with Crippen LogP contribution in [0.15, 0.2) is 60.0 Å². The highest BCUT2D eigenvalue weighted by atomic mass is 32.2. The van der Waals surface area contributed by atoms with Crippen LogP contribution in [0.2, 0.25) is 0 Å². The first kappa shape index (κ1) is 25.0. The van der Waals surface area contributed by atoms with Crippen LogP contribution in [0, 0.1) is 11.6 Å². The number of hydrogen-bond acceptors (Lipinski definition) is 4. The first-order valence-electron chi connectivity index (χ1n) is 11.4. The highest BCUT2D eigenvalue weighted by molar-refractivity contribution is 7.89. The fourth-order valence-electron chi connectivity index (χ4n) is 4.81. The van der Waals surface area contributed by atoms with Crippen LogP contribution in [0.4, 0.5) is 8.78 Å². The molecule has 4 rings (SSSR count). The van der Waals surface area contributed by atoms with Gasteiger partial charge in [-0.25, -0.2) is 17.2 Å². The van der Waals surface area contributed by atoms with E-state index in [0.29, 0.717) is 24.9 Å². The molecule has 2 aromatic rings. The van der Waals surface area contributed by atoms with Gasteiger partial charge in [0.1, 0.15) is 0 Å². The molecule has 2 aromatic carbocycles. The summed E-state index contributed by atoms with van der Waals surface area (Å²) < 4.78 is 54.9. The van der Waals surface area contributed by atoms with Crippen LogP contribution in [-0.4, -0.2) is 42.7 Å². The Bertz CT molecular complexity index is 1240. The van der Waals surface area contributed by atoms with Crippen LogP contribution in [0.25, 0.3) is 0 Å². The van der Waals surface area contributed by atoms with Crippen molar-refractivity contribution >= 4 is 21.8 Å². The quantitative estimate of drug-likeness (QED) is 0.567. The zero-order valence-corrected chi connectivity index (χ0v) is 19.9. The summed E-state index contributed by atoms with van der Waals surface area (Å²) in [6.45, 7) is 3.76. The number of nitrogens with zero attached hydrogens (tertiary/aromatic N) is 1. The predicted molar refractivity (Wildman–Crippen MR) is 126 cm³/mol. The Hall–Kier alpha value is -3.11. The molecule has 7 nitrogen and oxygen atoms in total. The van der Waals surface area contributed by atoms with E-state index in [2.05, 4.69) is 17.2 Å². The molecule has 10 heteroatoms. The van der Waals surface area contributed by atoms with E-state index in [9.17, 15) is 26.8 Å². The van der Waals surface area contributed by atoms with Gasteiger partial charge < -0.3 is 10.6 Å². The lowest BCUT2D eigenvalue weighted by atomic mass is 9.70. The summed E-state index contributed by atoms with van der Waals surface area (Å²) in [5.74, 6) is -2.69. The molecule has 1 atom stereocenters. The number of carbonyl (C=O) groups excluding carboxylic acids is 2. The van der Waals surface area contributed by atoms with E-state index in [4.69, 9.17) is 0 Å². The highest BCUT2D eigenvalue weighted by Crippen LogP contribution is 2.46. The second-order valence-corrected chi connectivity index (χ2v) is 10.9. The summed E-state index contributed by atoms with van der Waals surface area (Å²) in [4.78, 5) is 24.3. The standard InChI is InChI=1S/C25H27F2N3O4S/c1-2-23(31)29-19-10-13-30(25(15-19)11-3-12-25)35(33,34)20-7-5-18(6-8-20)24(32)28-16-17-4-9-21(26)22(27)14-17/h2,4-9,14,19H,1,3,10-13,15-16H2,(H,28,32)(H,29,31). The van der Waals surface area contributed by atoms with Crippen molar-refractivity contribution in [2.75, 3.05) is 6.54 Å². The van der Waals surface area contributed by atoms with Crippen molar-refractivity contribution < 1.29 is 26.8 Å². The average Bonchev–Trinajstić information content (AvgIpc) is 2.83. The molecule has 1 aliphatic carbocycles. The van der Waals surface area contributed by atoms with E-state index >= 15 is 0 Å². The maximum atomic E-state index is 13.5. The third-order valence-electron chi connectivity index (χ3n) is 6.79. The van der Waals surface area contributed by atoms with Crippen LogP contribution in [0.5, 0.6) is 0 Å². The number of hydrogen-bond donors (Lipinski definition) is 2. The minimum Gasteiger partial charge on any atom is -0.350 e. The van der Waals surface area contributed by atoms with E-state index in [1.54, 1.807) is 4.31 Å². The number of rotatable bonds is 7. The smallest absolute Gasteiger partial charge is 0.251 e. The summed E-state index contributed by atoms with van der Waals surface area (Å²) in [5, 5.41) is 5.50. The van der Waals surface area contributed by atoms with Gasteiger partial charge in [0, 0.05) is 30.2 Å². The molecule has 2 aliphatic rings. The monoisotopic (exact) mass is 503 g/mol. The van der Waals surface area contributed by atoms with Gasteiger partial charge >= 0.3 is 0 Å². The van der Waals surface area contributed by atoms with Crippen molar-refractivity contribution in [2.45, 2.75) is 55.1 Å². The molecule has 0 bridgehead atoms. The fraction of sp³-hybridized carbons (Fsp3) is 0.360. The topological polar surface area (TPSA) is 95.6 Å². The first-order chi connectivity index (χ1) is 16.6. The molecule has 1 aliphatic heterocycles. The summed E-state index contributed by atoms with van der Waals surface area (Å²) in [6.07, 6.45) is 4.66. The number of halogens is 2. The van der Waals surface area contributed by atoms with Crippen molar-refractivity contribution in [3.05, 3.63) is 77.9 Å². The number of amides is 2. The van der Waals surface area contributed by atoms with Gasteiger partial charge in [-0.2, -0.15) is 4.31 Å². The Morgan fingerprint density at radius 2 is 1.83 bits per heavy atom. The van der Waals surface area contributed by atoms with Gasteiger partial charge in [0.2, 0.25) is 15.9 Å². The molecule has 0 radical (unpaired) electrons. The van der Waals surface area contributed by atoms with Crippen molar-refractivity contribution in [2.24, 2.45) is 0 Å². The van der Waals surface area contributed by atoms with E-state index in [1.165, 1.54) is 36.4 Å². The van der Waals surface area contributed by atoms with Crippen molar-refractivity contribution in [3.63, 3.8) is 0 Å².